The highest BCUT2D eigenvalue weighted by molar-refractivity contribution is 5.73. The lowest BCUT2D eigenvalue weighted by Gasteiger charge is -2.39. The molecule has 1 aromatic rings. The maximum atomic E-state index is 11.9. The fourth-order valence-corrected chi connectivity index (χ4v) is 3.19. The Morgan fingerprint density at radius 1 is 1.45 bits per heavy atom. The summed E-state index contributed by atoms with van der Waals surface area (Å²) in [5.74, 6) is 1.05. The van der Waals surface area contributed by atoms with Gasteiger partial charge in [-0.05, 0) is 32.4 Å². The van der Waals surface area contributed by atoms with Gasteiger partial charge in [0, 0.05) is 25.6 Å². The quantitative estimate of drug-likeness (QED) is 0.785. The second-order valence-electron chi connectivity index (χ2n) is 6.05. The van der Waals surface area contributed by atoms with Crippen LogP contribution in [0.15, 0.2) is 18.2 Å². The minimum absolute atomic E-state index is 0.118. The predicted octanol–water partition coefficient (Wildman–Crippen LogP) is 1.86. The van der Waals surface area contributed by atoms with Crippen LogP contribution >= 0.6 is 0 Å². The van der Waals surface area contributed by atoms with Crippen molar-refractivity contribution in [2.24, 2.45) is 0 Å². The van der Waals surface area contributed by atoms with Crippen LogP contribution in [0.1, 0.15) is 30.9 Å². The van der Waals surface area contributed by atoms with E-state index in [2.05, 4.69) is 24.4 Å². The van der Waals surface area contributed by atoms with Crippen LogP contribution in [0.2, 0.25) is 0 Å². The molecule has 2 heterocycles. The molecule has 4 heteroatoms. The summed E-state index contributed by atoms with van der Waals surface area (Å²) in [4.78, 5) is 13.8. The van der Waals surface area contributed by atoms with Crippen molar-refractivity contribution in [1.29, 1.82) is 0 Å². The van der Waals surface area contributed by atoms with Gasteiger partial charge in [-0.25, -0.2) is 0 Å². The Labute approximate surface area is 120 Å². The van der Waals surface area contributed by atoms with Crippen LogP contribution in [0.4, 0.5) is 0 Å². The zero-order chi connectivity index (χ0) is 14.2. The summed E-state index contributed by atoms with van der Waals surface area (Å²) >= 11 is 0. The topological polar surface area (TPSA) is 41.6 Å². The first-order valence-corrected chi connectivity index (χ1v) is 7.33. The third-order valence-electron chi connectivity index (χ3n) is 4.26. The molecule has 20 heavy (non-hydrogen) atoms. The smallest absolute Gasteiger partial charge is 0.219 e. The Hall–Kier alpha value is -1.55. The van der Waals surface area contributed by atoms with E-state index in [1.807, 2.05) is 11.0 Å². The van der Waals surface area contributed by atoms with Gasteiger partial charge >= 0.3 is 0 Å². The lowest BCUT2D eigenvalue weighted by Crippen LogP contribution is -2.56. The fourth-order valence-electron chi connectivity index (χ4n) is 3.19. The van der Waals surface area contributed by atoms with Crippen molar-refractivity contribution in [2.75, 3.05) is 19.6 Å². The second kappa shape index (κ2) is 5.09. The lowest BCUT2D eigenvalue weighted by atomic mass is 9.93. The molecular formula is C16H22N2O2. The molecule has 1 amide bonds. The molecule has 0 saturated carbocycles. The molecule has 1 N–H and O–H groups in total. The summed E-state index contributed by atoms with van der Waals surface area (Å²) in [5.41, 5.74) is 2.04. The van der Waals surface area contributed by atoms with E-state index in [0.717, 1.165) is 37.2 Å². The monoisotopic (exact) mass is 274 g/mol. The molecule has 2 aliphatic heterocycles. The van der Waals surface area contributed by atoms with E-state index in [4.69, 9.17) is 4.74 Å². The Bertz CT molecular complexity index is 521. The average molecular weight is 274 g/mol. The molecule has 4 nitrogen and oxygen atoms in total. The van der Waals surface area contributed by atoms with Crippen LogP contribution in [0.3, 0.4) is 0 Å². The van der Waals surface area contributed by atoms with Crippen LogP contribution in [0, 0.1) is 6.92 Å². The molecule has 0 radical (unpaired) electrons. The van der Waals surface area contributed by atoms with Crippen molar-refractivity contribution < 1.29 is 9.53 Å². The summed E-state index contributed by atoms with van der Waals surface area (Å²) < 4.78 is 6.36. The van der Waals surface area contributed by atoms with Crippen molar-refractivity contribution >= 4 is 5.91 Å². The number of hydrogen-bond acceptors (Lipinski definition) is 3. The average Bonchev–Trinajstić information content (AvgIpc) is 2.56. The van der Waals surface area contributed by atoms with Crippen LogP contribution in [0.25, 0.3) is 0 Å². The van der Waals surface area contributed by atoms with Gasteiger partial charge in [0.05, 0.1) is 6.54 Å². The van der Waals surface area contributed by atoms with E-state index in [0.29, 0.717) is 13.1 Å². The summed E-state index contributed by atoms with van der Waals surface area (Å²) in [5, 5.41) is 3.41. The predicted molar refractivity (Wildman–Crippen MR) is 77.7 cm³/mol. The minimum atomic E-state index is -0.273. The first-order chi connectivity index (χ1) is 9.58. The van der Waals surface area contributed by atoms with Gasteiger partial charge < -0.3 is 15.0 Å². The summed E-state index contributed by atoms with van der Waals surface area (Å²) in [7, 11) is 0. The molecule has 0 aliphatic carbocycles. The third-order valence-corrected chi connectivity index (χ3v) is 4.26. The van der Waals surface area contributed by atoms with Crippen LogP contribution < -0.4 is 10.1 Å². The van der Waals surface area contributed by atoms with E-state index in [1.165, 1.54) is 5.56 Å². The zero-order valence-electron chi connectivity index (χ0n) is 12.2. The van der Waals surface area contributed by atoms with Crippen molar-refractivity contribution in [3.63, 3.8) is 0 Å². The Kier molecular flexibility index (Phi) is 3.42. The Morgan fingerprint density at radius 2 is 2.30 bits per heavy atom. The highest BCUT2D eigenvalue weighted by atomic mass is 16.5. The number of fused-ring (bicyclic) bond motifs is 1. The van der Waals surface area contributed by atoms with E-state index in [-0.39, 0.29) is 11.5 Å². The second-order valence-corrected chi connectivity index (χ2v) is 6.05. The standard InChI is InChI=1S/C16H22N2O2/c1-12-4-5-15-14(8-12)9-18(13(2)19)11-16(20-15)6-3-7-17-10-16/h4-5,8,17H,3,6-7,9-11H2,1-2H3. The lowest BCUT2D eigenvalue weighted by molar-refractivity contribution is -0.132. The summed E-state index contributed by atoms with van der Waals surface area (Å²) in [6.45, 7) is 6.87. The number of amides is 1. The number of hydrogen-bond donors (Lipinski definition) is 1. The first kappa shape index (κ1) is 13.4. The summed E-state index contributed by atoms with van der Waals surface area (Å²) in [6, 6.07) is 6.25. The normalized spacial score (nSPS) is 25.8. The van der Waals surface area contributed by atoms with Gasteiger partial charge in [0.2, 0.25) is 5.91 Å². The number of carbonyl (C=O) groups is 1. The van der Waals surface area contributed by atoms with Gasteiger partial charge in [-0.15, -0.1) is 0 Å². The van der Waals surface area contributed by atoms with Crippen molar-refractivity contribution in [3.05, 3.63) is 29.3 Å². The molecule has 1 saturated heterocycles. The molecule has 108 valence electrons. The zero-order valence-corrected chi connectivity index (χ0v) is 12.2. The number of benzene rings is 1. The van der Waals surface area contributed by atoms with Gasteiger partial charge in [-0.3, -0.25) is 4.79 Å². The van der Waals surface area contributed by atoms with Gasteiger partial charge in [-0.1, -0.05) is 17.7 Å². The third kappa shape index (κ3) is 2.52. The van der Waals surface area contributed by atoms with Crippen LogP contribution in [-0.4, -0.2) is 36.0 Å². The largest absolute Gasteiger partial charge is 0.484 e. The first-order valence-electron chi connectivity index (χ1n) is 7.33. The molecule has 1 spiro atoms. The SMILES string of the molecule is CC(=O)N1Cc2cc(C)ccc2OC2(CCCNC2)C1. The Morgan fingerprint density at radius 3 is 3.00 bits per heavy atom. The molecule has 3 rings (SSSR count). The van der Waals surface area contributed by atoms with Crippen molar-refractivity contribution in [3.8, 4) is 5.75 Å². The van der Waals surface area contributed by atoms with E-state index < -0.39 is 0 Å². The fraction of sp³-hybridized carbons (Fsp3) is 0.562. The molecule has 1 fully saturated rings. The molecule has 2 aliphatic rings. The van der Waals surface area contributed by atoms with Crippen LogP contribution in [0.5, 0.6) is 5.75 Å². The number of ether oxygens (including phenoxy) is 1. The highest BCUT2D eigenvalue weighted by Crippen LogP contribution is 2.33. The number of aryl methyl sites for hydroxylation is 1. The molecule has 1 atom stereocenters. The van der Waals surface area contributed by atoms with Crippen molar-refractivity contribution in [2.45, 2.75) is 38.8 Å². The molecule has 1 unspecified atom stereocenters. The van der Waals surface area contributed by atoms with Gasteiger partial charge in [0.1, 0.15) is 11.4 Å². The van der Waals surface area contributed by atoms with E-state index in [9.17, 15) is 4.79 Å². The summed E-state index contributed by atoms with van der Waals surface area (Å²) in [6.07, 6.45) is 2.09. The van der Waals surface area contributed by atoms with E-state index in [1.54, 1.807) is 6.92 Å². The van der Waals surface area contributed by atoms with Gasteiger partial charge in [0.15, 0.2) is 0 Å². The number of nitrogens with one attached hydrogen (secondary N) is 1. The molecule has 1 aromatic carbocycles. The molecule has 0 aromatic heterocycles. The van der Waals surface area contributed by atoms with Gasteiger partial charge in [-0.2, -0.15) is 0 Å². The molecular weight excluding hydrogens is 252 g/mol. The maximum absolute atomic E-state index is 11.9. The van der Waals surface area contributed by atoms with Gasteiger partial charge in [0.25, 0.3) is 0 Å². The number of rotatable bonds is 0. The highest BCUT2D eigenvalue weighted by Gasteiger charge is 2.39. The van der Waals surface area contributed by atoms with Crippen LogP contribution in [-0.2, 0) is 11.3 Å². The molecule has 0 bridgehead atoms. The number of carbonyl (C=O) groups excluding carboxylic acids is 1. The minimum Gasteiger partial charge on any atom is -0.484 e. The maximum Gasteiger partial charge on any atom is 0.219 e. The number of piperidine rings is 1. The van der Waals surface area contributed by atoms with Crippen molar-refractivity contribution in [1.82, 2.24) is 10.2 Å². The Balaban J connectivity index is 1.99. The number of nitrogens with zero attached hydrogens (tertiary/aromatic N) is 1. The van der Waals surface area contributed by atoms with E-state index >= 15 is 0 Å².